The van der Waals surface area contributed by atoms with Crippen molar-refractivity contribution >= 4 is 11.1 Å². The molecule has 5 rings (SSSR count). The molecule has 0 bridgehead atoms. The van der Waals surface area contributed by atoms with Gasteiger partial charge in [-0.3, -0.25) is 4.90 Å². The molecule has 1 saturated heterocycles. The number of aromatic hydroxyl groups is 2. The summed E-state index contributed by atoms with van der Waals surface area (Å²) >= 11 is 0. The Balaban J connectivity index is 1.43. The van der Waals surface area contributed by atoms with Crippen molar-refractivity contribution in [1.82, 2.24) is 4.90 Å². The Morgan fingerprint density at radius 1 is 1.03 bits per heavy atom. The van der Waals surface area contributed by atoms with Crippen LogP contribution < -0.4 is 9.47 Å². The average molecular weight is 490 g/mol. The van der Waals surface area contributed by atoms with Gasteiger partial charge in [0.15, 0.2) is 0 Å². The monoisotopic (exact) mass is 489 g/mol. The molecule has 36 heavy (non-hydrogen) atoms. The Bertz CT molecular complexity index is 1290. The summed E-state index contributed by atoms with van der Waals surface area (Å²) in [5, 5.41) is 19.8. The molecule has 0 aliphatic carbocycles. The summed E-state index contributed by atoms with van der Waals surface area (Å²) in [7, 11) is 0. The van der Waals surface area contributed by atoms with Crippen molar-refractivity contribution in [3.05, 3.63) is 83.2 Å². The number of ether oxygens (including phenoxy) is 2. The van der Waals surface area contributed by atoms with Crippen molar-refractivity contribution in [1.29, 1.82) is 0 Å². The second-order valence-corrected chi connectivity index (χ2v) is 10.00. The van der Waals surface area contributed by atoms with E-state index in [4.69, 9.17) is 9.47 Å². The number of likely N-dealkylation sites (tertiary alicyclic amines) is 1. The van der Waals surface area contributed by atoms with E-state index in [9.17, 15) is 10.2 Å². The van der Waals surface area contributed by atoms with Gasteiger partial charge in [-0.2, -0.15) is 0 Å². The number of fused-ring (bicyclic) bond motifs is 1. The Hall–Kier alpha value is -3.51. The molecule has 2 N–H and O–H groups in total. The Labute approximate surface area is 211 Å². The first-order valence-electron chi connectivity index (χ1n) is 12.5. The molecule has 0 radical (unpaired) electrons. The summed E-state index contributed by atoms with van der Waals surface area (Å²) in [6.07, 6.45) is 0.667. The van der Waals surface area contributed by atoms with Crippen LogP contribution in [0.15, 0.2) is 60.7 Å². The predicted molar refractivity (Wildman–Crippen MR) is 139 cm³/mol. The molecule has 3 aromatic carbocycles. The van der Waals surface area contributed by atoms with Crippen LogP contribution in [0.2, 0.25) is 0 Å². The predicted octanol–water partition coefficient (Wildman–Crippen LogP) is 6.41. The van der Waals surface area contributed by atoms with Crippen molar-refractivity contribution < 1.29 is 24.1 Å². The number of nitrogens with zero attached hydrogens (tertiary/aromatic N) is 1. The third kappa shape index (κ3) is 4.78. The number of allylic oxidation sites excluding steroid dienone is 1. The number of benzene rings is 3. The van der Waals surface area contributed by atoms with Crippen LogP contribution in [0.25, 0.3) is 11.1 Å². The zero-order chi connectivity index (χ0) is 25.4. The highest BCUT2D eigenvalue weighted by atomic mass is 19.1. The third-order valence-corrected chi connectivity index (χ3v) is 7.27. The molecule has 1 unspecified atom stereocenters. The van der Waals surface area contributed by atoms with E-state index >= 15 is 4.39 Å². The average Bonchev–Trinajstić information content (AvgIpc) is 3.30. The largest absolute Gasteiger partial charge is 0.508 e. The zero-order valence-corrected chi connectivity index (χ0v) is 20.9. The molecule has 188 valence electrons. The third-order valence-electron chi connectivity index (χ3n) is 7.27. The number of halogens is 1. The molecule has 5 nitrogen and oxygen atoms in total. The van der Waals surface area contributed by atoms with E-state index in [1.54, 1.807) is 24.3 Å². The van der Waals surface area contributed by atoms with Crippen LogP contribution in [0, 0.1) is 11.7 Å². The minimum Gasteiger partial charge on any atom is -0.508 e. The summed E-state index contributed by atoms with van der Waals surface area (Å²) in [5.74, 6) is 1.57. The van der Waals surface area contributed by atoms with Gasteiger partial charge >= 0.3 is 0 Å². The molecule has 0 amide bonds. The van der Waals surface area contributed by atoms with E-state index < -0.39 is 11.9 Å². The van der Waals surface area contributed by atoms with Crippen LogP contribution in [0.1, 0.15) is 50.0 Å². The molecule has 0 aromatic heterocycles. The van der Waals surface area contributed by atoms with Gasteiger partial charge in [0.05, 0.1) is 0 Å². The normalized spacial score (nSPS) is 20.7. The minimum atomic E-state index is -0.569. The maximum absolute atomic E-state index is 15.0. The summed E-state index contributed by atoms with van der Waals surface area (Å²) in [4.78, 5) is 2.47. The first kappa shape index (κ1) is 24.2. The van der Waals surface area contributed by atoms with E-state index in [-0.39, 0.29) is 11.5 Å². The van der Waals surface area contributed by atoms with Crippen molar-refractivity contribution in [3.63, 3.8) is 0 Å². The van der Waals surface area contributed by atoms with Gasteiger partial charge in [0.1, 0.15) is 41.5 Å². The molecule has 0 saturated carbocycles. The lowest BCUT2D eigenvalue weighted by atomic mass is 9.86. The van der Waals surface area contributed by atoms with Crippen molar-refractivity contribution in [2.75, 3.05) is 19.7 Å². The van der Waals surface area contributed by atoms with Gasteiger partial charge in [-0.1, -0.05) is 19.1 Å². The van der Waals surface area contributed by atoms with Crippen LogP contribution >= 0.6 is 0 Å². The fourth-order valence-corrected chi connectivity index (χ4v) is 5.17. The first-order chi connectivity index (χ1) is 17.3. The Morgan fingerprint density at radius 3 is 2.44 bits per heavy atom. The number of hydrogen-bond donors (Lipinski definition) is 2. The SMILES string of the molecule is CC1=C(c2ccc(O)cc2F)C(c2ccc(OC[C@H](C)N3CC[C@@H](C)C3)cc2)Oc2ccc(O)cc21. The van der Waals surface area contributed by atoms with Crippen molar-refractivity contribution in [3.8, 4) is 23.0 Å². The summed E-state index contributed by atoms with van der Waals surface area (Å²) in [6, 6.07) is 17.1. The number of phenols is 2. The second kappa shape index (κ2) is 9.86. The molecule has 2 aliphatic rings. The van der Waals surface area contributed by atoms with E-state index in [2.05, 4.69) is 18.7 Å². The Morgan fingerprint density at radius 2 is 1.75 bits per heavy atom. The fraction of sp³-hybridized carbons (Fsp3) is 0.333. The molecular weight excluding hydrogens is 457 g/mol. The fourth-order valence-electron chi connectivity index (χ4n) is 5.17. The highest BCUT2D eigenvalue weighted by Gasteiger charge is 2.31. The van der Waals surface area contributed by atoms with E-state index in [1.807, 2.05) is 31.2 Å². The molecule has 2 heterocycles. The van der Waals surface area contributed by atoms with E-state index in [0.29, 0.717) is 35.1 Å². The Kier molecular flexibility index (Phi) is 6.63. The van der Waals surface area contributed by atoms with Crippen LogP contribution in [-0.2, 0) is 0 Å². The lowest BCUT2D eigenvalue weighted by Gasteiger charge is -2.31. The van der Waals surface area contributed by atoms with Gasteiger partial charge in [0.25, 0.3) is 0 Å². The van der Waals surface area contributed by atoms with Gasteiger partial charge in [0.2, 0.25) is 0 Å². The zero-order valence-electron chi connectivity index (χ0n) is 20.9. The quantitative estimate of drug-likeness (QED) is 0.419. The molecule has 3 atom stereocenters. The summed E-state index contributed by atoms with van der Waals surface area (Å²) < 4.78 is 27.5. The summed E-state index contributed by atoms with van der Waals surface area (Å²) in [5.41, 5.74) is 3.35. The van der Waals surface area contributed by atoms with Crippen LogP contribution in [0.4, 0.5) is 4.39 Å². The van der Waals surface area contributed by atoms with E-state index in [0.717, 1.165) is 42.0 Å². The maximum atomic E-state index is 15.0. The molecular formula is C30H32FNO4. The van der Waals surface area contributed by atoms with Gasteiger partial charge in [-0.15, -0.1) is 0 Å². The van der Waals surface area contributed by atoms with Crippen LogP contribution in [0.3, 0.4) is 0 Å². The lowest BCUT2D eigenvalue weighted by molar-refractivity contribution is 0.169. The first-order valence-corrected chi connectivity index (χ1v) is 12.5. The van der Waals surface area contributed by atoms with Gasteiger partial charge in [0, 0.05) is 35.4 Å². The topological polar surface area (TPSA) is 62.2 Å². The molecule has 2 aliphatic heterocycles. The van der Waals surface area contributed by atoms with Crippen molar-refractivity contribution in [2.45, 2.75) is 39.3 Å². The van der Waals surface area contributed by atoms with Crippen LogP contribution in [0.5, 0.6) is 23.0 Å². The number of phenolic OH excluding ortho intramolecular Hbond substituents is 2. The smallest absolute Gasteiger partial charge is 0.150 e. The summed E-state index contributed by atoms with van der Waals surface area (Å²) in [6.45, 7) is 9.23. The van der Waals surface area contributed by atoms with Gasteiger partial charge < -0.3 is 19.7 Å². The lowest BCUT2D eigenvalue weighted by Crippen LogP contribution is -2.35. The highest BCUT2D eigenvalue weighted by Crippen LogP contribution is 2.48. The van der Waals surface area contributed by atoms with Gasteiger partial charge in [-0.25, -0.2) is 4.39 Å². The molecule has 1 fully saturated rings. The van der Waals surface area contributed by atoms with Crippen molar-refractivity contribution in [2.24, 2.45) is 5.92 Å². The van der Waals surface area contributed by atoms with Crippen LogP contribution in [-0.4, -0.2) is 40.9 Å². The molecule has 0 spiro atoms. The number of rotatable bonds is 6. The minimum absolute atomic E-state index is 0.111. The number of hydrogen-bond acceptors (Lipinski definition) is 5. The maximum Gasteiger partial charge on any atom is 0.150 e. The second-order valence-electron chi connectivity index (χ2n) is 10.00. The highest BCUT2D eigenvalue weighted by molar-refractivity contribution is 5.95. The van der Waals surface area contributed by atoms with E-state index in [1.165, 1.54) is 12.5 Å². The molecule has 3 aromatic rings. The van der Waals surface area contributed by atoms with Gasteiger partial charge in [-0.05, 0) is 86.3 Å². The molecule has 6 heteroatoms. The standard InChI is InChI=1S/C30H32FNO4/c1-18-12-13-32(16-18)19(2)17-35-24-8-4-21(5-9-24)30-29(25-10-6-23(34)15-27(25)31)20(3)26-14-22(33)7-11-28(26)36-30/h4-11,14-15,18-19,30,33-34H,12-13,16-17H2,1-3H3/t18-,19+,30?/m1/s1.